The van der Waals surface area contributed by atoms with Crippen molar-refractivity contribution in [1.29, 1.82) is 0 Å². The molecular formula is C12H15NO6S. The number of carbonyl (C=O) groups is 1. The van der Waals surface area contributed by atoms with Gasteiger partial charge in [0.15, 0.2) is 0 Å². The maximum Gasteiger partial charge on any atom is 0.408 e. The second-order valence-corrected chi connectivity index (χ2v) is 6.41. The Balaban J connectivity index is 3.22. The van der Waals surface area contributed by atoms with Crippen LogP contribution in [0.15, 0.2) is 29.2 Å². The molecule has 0 heterocycles. The van der Waals surface area contributed by atoms with Crippen LogP contribution in [0.3, 0.4) is 0 Å². The summed E-state index contributed by atoms with van der Waals surface area (Å²) in [6.07, 6.45) is 0.860. The number of carboxylic acid groups (broad SMARTS) is 1. The summed E-state index contributed by atoms with van der Waals surface area (Å²) in [6.45, 7) is 3.93. The summed E-state index contributed by atoms with van der Waals surface area (Å²) < 4.78 is 23.9. The Morgan fingerprint density at radius 3 is 2.20 bits per heavy atom. The van der Waals surface area contributed by atoms with E-state index in [0.717, 1.165) is 12.0 Å². The van der Waals surface area contributed by atoms with E-state index in [1.54, 1.807) is 12.1 Å². The largest absolute Gasteiger partial charge is 0.475 e. The van der Waals surface area contributed by atoms with Gasteiger partial charge in [0.25, 0.3) is 9.84 Å². The molecule has 0 saturated carbocycles. The molecule has 110 valence electrons. The molecule has 7 nitrogen and oxygen atoms in total. The molecule has 0 aliphatic heterocycles. The molecule has 0 aliphatic carbocycles. The third-order valence-corrected chi connectivity index (χ3v) is 4.98. The molecule has 1 aromatic carbocycles. The van der Waals surface area contributed by atoms with E-state index in [2.05, 4.69) is 0 Å². The summed E-state index contributed by atoms with van der Waals surface area (Å²) in [5, 5.41) is 16.6. The quantitative estimate of drug-likeness (QED) is 0.631. The van der Waals surface area contributed by atoms with Crippen molar-refractivity contribution in [1.82, 2.24) is 0 Å². The molecule has 1 N–H and O–H groups in total. The van der Waals surface area contributed by atoms with Crippen LogP contribution in [0, 0.1) is 10.1 Å². The molecule has 0 saturated heterocycles. The SMILES string of the molecule is CCC(C)c1ccc(S(=O)(=O)C(C(=O)O)[N+](=O)[O-])cc1. The maximum atomic E-state index is 11.9. The fourth-order valence-electron chi connectivity index (χ4n) is 1.69. The maximum absolute atomic E-state index is 11.9. The molecule has 0 amide bonds. The zero-order valence-electron chi connectivity index (χ0n) is 11.0. The van der Waals surface area contributed by atoms with Crippen LogP contribution in [-0.4, -0.2) is 29.8 Å². The fourth-order valence-corrected chi connectivity index (χ4v) is 2.95. The van der Waals surface area contributed by atoms with Crippen LogP contribution >= 0.6 is 0 Å². The lowest BCUT2D eigenvalue weighted by Crippen LogP contribution is -2.37. The summed E-state index contributed by atoms with van der Waals surface area (Å²) in [5.41, 5.74) is 0.888. The van der Waals surface area contributed by atoms with E-state index in [-0.39, 0.29) is 10.8 Å². The van der Waals surface area contributed by atoms with E-state index >= 15 is 0 Å². The van der Waals surface area contributed by atoms with Gasteiger partial charge >= 0.3 is 11.3 Å². The van der Waals surface area contributed by atoms with Gasteiger partial charge in [0, 0.05) is 0 Å². The zero-order valence-corrected chi connectivity index (χ0v) is 11.8. The van der Waals surface area contributed by atoms with E-state index in [1.807, 2.05) is 13.8 Å². The lowest BCUT2D eigenvalue weighted by Gasteiger charge is -2.10. The molecule has 1 rings (SSSR count). The Hall–Kier alpha value is -1.96. The molecule has 1 aromatic rings. The highest BCUT2D eigenvalue weighted by atomic mass is 32.2. The van der Waals surface area contributed by atoms with Crippen molar-refractivity contribution in [3.63, 3.8) is 0 Å². The minimum Gasteiger partial charge on any atom is -0.475 e. The minimum atomic E-state index is -4.55. The van der Waals surface area contributed by atoms with Crippen molar-refractivity contribution in [3.8, 4) is 0 Å². The molecule has 20 heavy (non-hydrogen) atoms. The van der Waals surface area contributed by atoms with Gasteiger partial charge in [0.05, 0.1) is 9.82 Å². The van der Waals surface area contributed by atoms with Gasteiger partial charge in [-0.1, -0.05) is 26.0 Å². The number of hydrogen-bond acceptors (Lipinski definition) is 5. The topological polar surface area (TPSA) is 115 Å². The summed E-state index contributed by atoms with van der Waals surface area (Å²) in [5.74, 6) is -1.78. The van der Waals surface area contributed by atoms with Crippen LogP contribution in [-0.2, 0) is 14.6 Å². The number of rotatable bonds is 6. The van der Waals surface area contributed by atoms with E-state index in [9.17, 15) is 23.3 Å². The van der Waals surface area contributed by atoms with Crippen LogP contribution < -0.4 is 0 Å². The number of carboxylic acids is 1. The van der Waals surface area contributed by atoms with E-state index in [4.69, 9.17) is 5.11 Å². The van der Waals surface area contributed by atoms with Crippen LogP contribution in [0.1, 0.15) is 31.7 Å². The molecule has 2 atom stereocenters. The zero-order chi connectivity index (χ0) is 15.5. The highest BCUT2D eigenvalue weighted by Gasteiger charge is 2.44. The third-order valence-electron chi connectivity index (χ3n) is 3.09. The van der Waals surface area contributed by atoms with Gasteiger partial charge in [0.1, 0.15) is 0 Å². The molecule has 0 fully saturated rings. The monoisotopic (exact) mass is 301 g/mol. The van der Waals surface area contributed by atoms with E-state index in [1.165, 1.54) is 12.1 Å². The molecule has 0 radical (unpaired) electrons. The first-order valence-electron chi connectivity index (χ1n) is 5.92. The van der Waals surface area contributed by atoms with E-state index in [0.29, 0.717) is 0 Å². The number of nitrogens with zero attached hydrogens (tertiary/aromatic N) is 1. The average Bonchev–Trinajstić information content (AvgIpc) is 2.36. The Bertz CT molecular complexity index is 593. The standard InChI is InChI=1S/C12H15NO6S/c1-3-8(2)9-4-6-10(7-5-9)20(18,19)11(12(14)15)13(16)17/h4-8,11H,3H2,1-2H3,(H,14,15). The Morgan fingerprint density at radius 1 is 1.35 bits per heavy atom. The van der Waals surface area contributed by atoms with Crippen LogP contribution in [0.2, 0.25) is 0 Å². The highest BCUT2D eigenvalue weighted by Crippen LogP contribution is 2.22. The predicted molar refractivity (Wildman–Crippen MR) is 70.8 cm³/mol. The first kappa shape index (κ1) is 16.1. The summed E-state index contributed by atoms with van der Waals surface area (Å²) >= 11 is 0. The number of hydrogen-bond donors (Lipinski definition) is 1. The summed E-state index contributed by atoms with van der Waals surface area (Å²) in [6, 6.07) is 5.49. The first-order chi connectivity index (χ1) is 9.21. The molecular weight excluding hydrogens is 286 g/mol. The van der Waals surface area contributed by atoms with Crippen molar-refractivity contribution in [2.45, 2.75) is 36.5 Å². The number of aliphatic carboxylic acids is 1. The van der Waals surface area contributed by atoms with Crippen LogP contribution in [0.25, 0.3) is 0 Å². The molecule has 0 aliphatic rings. The van der Waals surface area contributed by atoms with Gasteiger partial charge in [-0.3, -0.25) is 10.1 Å². The first-order valence-corrected chi connectivity index (χ1v) is 7.46. The predicted octanol–water partition coefficient (Wildman–Crippen LogP) is 1.66. The lowest BCUT2D eigenvalue weighted by atomic mass is 9.99. The molecule has 2 unspecified atom stereocenters. The van der Waals surface area contributed by atoms with Crippen molar-refractivity contribution >= 4 is 15.8 Å². The normalized spacial score (nSPS) is 14.5. The molecule has 0 bridgehead atoms. The second-order valence-electron chi connectivity index (χ2n) is 4.40. The van der Waals surface area contributed by atoms with Gasteiger partial charge in [0.2, 0.25) is 0 Å². The number of benzene rings is 1. The van der Waals surface area contributed by atoms with Gasteiger partial charge < -0.3 is 5.11 Å². The van der Waals surface area contributed by atoms with Gasteiger partial charge in [-0.05, 0) is 30.0 Å². The smallest absolute Gasteiger partial charge is 0.408 e. The lowest BCUT2D eigenvalue weighted by molar-refractivity contribution is -0.486. The number of nitro groups is 1. The molecule has 0 spiro atoms. The second kappa shape index (κ2) is 6.00. The van der Waals surface area contributed by atoms with Gasteiger partial charge in [-0.2, -0.15) is 0 Å². The fraction of sp³-hybridized carbons (Fsp3) is 0.417. The highest BCUT2D eigenvalue weighted by molar-refractivity contribution is 7.92. The molecule has 8 heteroatoms. The van der Waals surface area contributed by atoms with Crippen molar-refractivity contribution in [3.05, 3.63) is 39.9 Å². The number of sulfone groups is 1. The van der Waals surface area contributed by atoms with Crippen molar-refractivity contribution in [2.75, 3.05) is 0 Å². The van der Waals surface area contributed by atoms with Gasteiger partial charge in [-0.15, -0.1) is 0 Å². The van der Waals surface area contributed by atoms with Crippen molar-refractivity contribution < 1.29 is 23.2 Å². The van der Waals surface area contributed by atoms with Crippen molar-refractivity contribution in [2.24, 2.45) is 0 Å². The molecule has 0 aromatic heterocycles. The third kappa shape index (κ3) is 3.13. The summed E-state index contributed by atoms with van der Waals surface area (Å²) in [4.78, 5) is 19.7. The minimum absolute atomic E-state index is 0.220. The van der Waals surface area contributed by atoms with Gasteiger partial charge in [-0.25, -0.2) is 13.2 Å². The van der Waals surface area contributed by atoms with Crippen LogP contribution in [0.5, 0.6) is 0 Å². The van der Waals surface area contributed by atoms with E-state index < -0.39 is 26.1 Å². The summed E-state index contributed by atoms with van der Waals surface area (Å²) in [7, 11) is -4.55. The average molecular weight is 301 g/mol. The Morgan fingerprint density at radius 2 is 1.85 bits per heavy atom. The van der Waals surface area contributed by atoms with Crippen LogP contribution in [0.4, 0.5) is 0 Å². The Kier molecular flexibility index (Phi) is 4.83. The Labute approximate surface area is 116 Å².